The van der Waals surface area contributed by atoms with Gasteiger partial charge in [0.05, 0.1) is 4.92 Å². The minimum atomic E-state index is -0.448. The Balaban J connectivity index is 2.56. The van der Waals surface area contributed by atoms with Gasteiger partial charge in [-0.25, -0.2) is 0 Å². The molecule has 1 aliphatic heterocycles. The Labute approximate surface area is 67.6 Å². The van der Waals surface area contributed by atoms with Crippen LogP contribution in [-0.4, -0.2) is 4.92 Å². The van der Waals surface area contributed by atoms with E-state index in [4.69, 9.17) is 0 Å². The van der Waals surface area contributed by atoms with Crippen LogP contribution in [0.2, 0.25) is 0 Å². The highest BCUT2D eigenvalue weighted by atomic mass is 17.2. The second-order valence-electron chi connectivity index (χ2n) is 2.36. The van der Waals surface area contributed by atoms with Crippen molar-refractivity contribution in [2.24, 2.45) is 0 Å². The number of nitrogens with zero attached hydrogens (tertiary/aromatic N) is 1. The fourth-order valence-electron chi connectivity index (χ4n) is 1.10. The van der Waals surface area contributed by atoms with Crippen LogP contribution in [-0.2, 0) is 11.5 Å². The van der Waals surface area contributed by atoms with Crippen molar-refractivity contribution in [3.05, 3.63) is 33.9 Å². The van der Waals surface area contributed by atoms with Gasteiger partial charge < -0.3 is 4.89 Å². The van der Waals surface area contributed by atoms with Crippen molar-refractivity contribution >= 4 is 5.69 Å². The van der Waals surface area contributed by atoms with Crippen molar-refractivity contribution in [2.45, 2.75) is 6.61 Å². The van der Waals surface area contributed by atoms with Crippen molar-refractivity contribution in [3.8, 4) is 5.75 Å². The minimum Gasteiger partial charge on any atom is -0.337 e. The Kier molecular flexibility index (Phi) is 1.44. The molecule has 12 heavy (non-hydrogen) atoms. The van der Waals surface area contributed by atoms with E-state index in [1.54, 1.807) is 12.1 Å². The maximum atomic E-state index is 10.5. The molecule has 1 aromatic carbocycles. The lowest BCUT2D eigenvalue weighted by Crippen LogP contribution is -1.91. The second kappa shape index (κ2) is 2.46. The van der Waals surface area contributed by atoms with Gasteiger partial charge in [0.25, 0.3) is 5.69 Å². The van der Waals surface area contributed by atoms with Crippen LogP contribution in [0.3, 0.4) is 0 Å². The Morgan fingerprint density at radius 2 is 2.33 bits per heavy atom. The summed E-state index contributed by atoms with van der Waals surface area (Å²) in [6.45, 7) is 0.145. The third kappa shape index (κ3) is 0.911. The average Bonchev–Trinajstić information content (AvgIpc) is 2.49. The van der Waals surface area contributed by atoms with Gasteiger partial charge in [0.15, 0.2) is 5.75 Å². The molecule has 0 N–H and O–H groups in total. The summed E-state index contributed by atoms with van der Waals surface area (Å²) in [5, 5.41) is 10.5. The number of fused-ring (bicyclic) bond motifs is 1. The third-order valence-corrected chi connectivity index (χ3v) is 1.66. The molecule has 5 heteroatoms. The predicted octanol–water partition coefficient (Wildman–Crippen LogP) is 1.42. The van der Waals surface area contributed by atoms with Crippen molar-refractivity contribution in [1.29, 1.82) is 0 Å². The third-order valence-electron chi connectivity index (χ3n) is 1.66. The van der Waals surface area contributed by atoms with E-state index in [9.17, 15) is 10.1 Å². The van der Waals surface area contributed by atoms with Crippen LogP contribution in [0.25, 0.3) is 0 Å². The summed E-state index contributed by atoms with van der Waals surface area (Å²) >= 11 is 0. The standard InChI is InChI=1S/C7H5NO4/c9-8(10)6-2-1-3-7-5(6)4-11-12-7/h1-3H,4H2. The smallest absolute Gasteiger partial charge is 0.278 e. The highest BCUT2D eigenvalue weighted by Gasteiger charge is 2.23. The predicted molar refractivity (Wildman–Crippen MR) is 38.5 cm³/mol. The zero-order valence-electron chi connectivity index (χ0n) is 6.02. The molecule has 0 fully saturated rings. The second-order valence-corrected chi connectivity index (χ2v) is 2.36. The van der Waals surface area contributed by atoms with E-state index in [2.05, 4.69) is 9.78 Å². The van der Waals surface area contributed by atoms with Gasteiger partial charge in [-0.1, -0.05) is 6.07 Å². The molecule has 62 valence electrons. The lowest BCUT2D eigenvalue weighted by atomic mass is 10.2. The number of nitro groups is 1. The van der Waals surface area contributed by atoms with Crippen LogP contribution in [0.15, 0.2) is 18.2 Å². The summed E-state index contributed by atoms with van der Waals surface area (Å²) in [5.74, 6) is 0.434. The first kappa shape index (κ1) is 7.05. The van der Waals surface area contributed by atoms with Gasteiger partial charge in [0.2, 0.25) is 0 Å². The highest BCUT2D eigenvalue weighted by molar-refractivity contribution is 5.49. The van der Waals surface area contributed by atoms with Gasteiger partial charge in [-0.15, -0.1) is 0 Å². The molecule has 1 aliphatic rings. The summed E-state index contributed by atoms with van der Waals surface area (Å²) in [5.41, 5.74) is 0.549. The molecule has 0 aromatic heterocycles. The van der Waals surface area contributed by atoms with Crippen molar-refractivity contribution < 1.29 is 14.7 Å². The Morgan fingerprint density at radius 3 is 3.08 bits per heavy atom. The number of benzene rings is 1. The van der Waals surface area contributed by atoms with Crippen LogP contribution >= 0.6 is 0 Å². The molecule has 0 saturated carbocycles. The van der Waals surface area contributed by atoms with Gasteiger partial charge in [-0.2, -0.15) is 4.89 Å². The highest BCUT2D eigenvalue weighted by Crippen LogP contribution is 2.33. The average molecular weight is 167 g/mol. The van der Waals surface area contributed by atoms with E-state index in [1.807, 2.05) is 0 Å². The van der Waals surface area contributed by atoms with E-state index in [0.29, 0.717) is 11.3 Å². The number of rotatable bonds is 1. The molecular formula is C7H5NO4. The van der Waals surface area contributed by atoms with E-state index in [1.165, 1.54) is 6.07 Å². The van der Waals surface area contributed by atoms with E-state index in [0.717, 1.165) is 0 Å². The van der Waals surface area contributed by atoms with Gasteiger partial charge in [-0.3, -0.25) is 10.1 Å². The van der Waals surface area contributed by atoms with Crippen LogP contribution in [0.4, 0.5) is 5.69 Å². The Bertz CT molecular complexity index is 336. The first-order valence-corrected chi connectivity index (χ1v) is 3.35. The molecule has 0 unspecified atom stereocenters. The topological polar surface area (TPSA) is 61.6 Å². The summed E-state index contributed by atoms with van der Waals surface area (Å²) in [7, 11) is 0. The molecule has 0 amide bonds. The SMILES string of the molecule is O=[N+]([O-])c1cccc2c1COO2. The zero-order chi connectivity index (χ0) is 8.55. The maximum Gasteiger partial charge on any atom is 0.278 e. The summed E-state index contributed by atoms with van der Waals surface area (Å²) in [4.78, 5) is 19.3. The normalized spacial score (nSPS) is 13.7. The summed E-state index contributed by atoms with van der Waals surface area (Å²) < 4.78 is 0. The van der Waals surface area contributed by atoms with Gasteiger partial charge in [0.1, 0.15) is 12.2 Å². The van der Waals surface area contributed by atoms with E-state index < -0.39 is 4.92 Å². The molecule has 0 atom stereocenters. The lowest BCUT2D eigenvalue weighted by molar-refractivity contribution is -0.385. The monoisotopic (exact) mass is 167 g/mol. The van der Waals surface area contributed by atoms with Crippen molar-refractivity contribution in [3.63, 3.8) is 0 Å². The molecule has 0 spiro atoms. The fourth-order valence-corrected chi connectivity index (χ4v) is 1.10. The van der Waals surface area contributed by atoms with Crippen molar-refractivity contribution in [2.75, 3.05) is 0 Å². The molecular weight excluding hydrogens is 162 g/mol. The van der Waals surface area contributed by atoms with Crippen LogP contribution in [0.1, 0.15) is 5.56 Å². The largest absolute Gasteiger partial charge is 0.337 e. The Morgan fingerprint density at radius 1 is 1.50 bits per heavy atom. The number of nitro benzene ring substituents is 1. The Hall–Kier alpha value is -1.62. The molecule has 2 rings (SSSR count). The zero-order valence-corrected chi connectivity index (χ0v) is 6.02. The quantitative estimate of drug-likeness (QED) is 0.360. The minimum absolute atomic E-state index is 0.0463. The maximum absolute atomic E-state index is 10.5. The van der Waals surface area contributed by atoms with Crippen LogP contribution in [0.5, 0.6) is 5.75 Å². The molecule has 0 aliphatic carbocycles. The molecule has 1 heterocycles. The first-order chi connectivity index (χ1) is 5.79. The number of hydrogen-bond acceptors (Lipinski definition) is 4. The molecule has 5 nitrogen and oxygen atoms in total. The van der Waals surface area contributed by atoms with Crippen LogP contribution < -0.4 is 4.89 Å². The van der Waals surface area contributed by atoms with Crippen molar-refractivity contribution in [1.82, 2.24) is 0 Å². The molecule has 0 radical (unpaired) electrons. The van der Waals surface area contributed by atoms with Gasteiger partial charge in [-0.05, 0) is 6.07 Å². The molecule has 1 aromatic rings. The summed E-state index contributed by atoms with van der Waals surface area (Å²) in [6, 6.07) is 4.62. The number of hydrogen-bond donors (Lipinski definition) is 0. The van der Waals surface area contributed by atoms with Gasteiger partial charge >= 0.3 is 0 Å². The van der Waals surface area contributed by atoms with E-state index in [-0.39, 0.29) is 12.3 Å². The lowest BCUT2D eigenvalue weighted by Gasteiger charge is -1.94. The first-order valence-electron chi connectivity index (χ1n) is 3.35. The fraction of sp³-hybridized carbons (Fsp3) is 0.143. The van der Waals surface area contributed by atoms with Gasteiger partial charge in [0, 0.05) is 6.07 Å². The molecule has 0 saturated heterocycles. The molecule has 0 bridgehead atoms. The van der Waals surface area contributed by atoms with Crippen LogP contribution in [0, 0.1) is 10.1 Å². The summed E-state index contributed by atoms with van der Waals surface area (Å²) in [6.07, 6.45) is 0. The van der Waals surface area contributed by atoms with E-state index >= 15 is 0 Å².